The molecule has 30 heavy (non-hydrogen) atoms. The summed E-state index contributed by atoms with van der Waals surface area (Å²) in [7, 11) is 0. The van der Waals surface area contributed by atoms with Crippen LogP contribution in [0.3, 0.4) is 0 Å². The molecule has 0 bridgehead atoms. The highest BCUT2D eigenvalue weighted by Gasteiger charge is 2.27. The van der Waals surface area contributed by atoms with Crippen molar-refractivity contribution in [2.75, 3.05) is 19.7 Å². The number of piperidine rings is 1. The summed E-state index contributed by atoms with van der Waals surface area (Å²) in [5, 5.41) is 3.08. The average Bonchev–Trinajstić information content (AvgIpc) is 2.64. The molecule has 0 unspecified atom stereocenters. The van der Waals surface area contributed by atoms with Gasteiger partial charge in [0.05, 0.1) is 6.61 Å². The summed E-state index contributed by atoms with van der Waals surface area (Å²) in [6.45, 7) is 13.9. The van der Waals surface area contributed by atoms with E-state index in [1.165, 1.54) is 5.56 Å². The lowest BCUT2D eigenvalue weighted by Gasteiger charge is -2.33. The fourth-order valence-corrected chi connectivity index (χ4v) is 3.31. The van der Waals surface area contributed by atoms with Crippen LogP contribution in [-0.4, -0.2) is 48.2 Å². The fraction of sp³-hybridized carbons (Fsp3) is 0.667. The van der Waals surface area contributed by atoms with Gasteiger partial charge in [-0.1, -0.05) is 32.9 Å². The number of ether oxygens (including phenoxy) is 2. The summed E-state index contributed by atoms with van der Waals surface area (Å²) in [6.07, 6.45) is 2.33. The molecule has 1 fully saturated rings. The topological polar surface area (TPSA) is 67.9 Å². The van der Waals surface area contributed by atoms with Crippen LogP contribution in [0.5, 0.6) is 5.75 Å². The maximum atomic E-state index is 12.2. The van der Waals surface area contributed by atoms with E-state index in [4.69, 9.17) is 9.47 Å². The molecule has 0 radical (unpaired) electrons. The molecular formula is C24H38N2O4. The van der Waals surface area contributed by atoms with Crippen molar-refractivity contribution < 1.29 is 19.1 Å². The van der Waals surface area contributed by atoms with E-state index in [1.54, 1.807) is 4.90 Å². The van der Waals surface area contributed by atoms with E-state index in [2.05, 4.69) is 38.2 Å². The second-order valence-electron chi connectivity index (χ2n) is 10.0. The number of amides is 2. The minimum absolute atomic E-state index is 0.0393. The molecule has 1 N–H and O–H groups in total. The number of nitrogens with zero attached hydrogens (tertiary/aromatic N) is 1. The Balaban J connectivity index is 1.62. The summed E-state index contributed by atoms with van der Waals surface area (Å²) in [4.78, 5) is 26.0. The Morgan fingerprint density at radius 1 is 1.03 bits per heavy atom. The van der Waals surface area contributed by atoms with Gasteiger partial charge < -0.3 is 19.7 Å². The highest BCUT2D eigenvalue weighted by Crippen LogP contribution is 2.24. The molecular weight excluding hydrogens is 380 g/mol. The van der Waals surface area contributed by atoms with Crippen molar-refractivity contribution in [1.29, 1.82) is 0 Å². The molecule has 168 valence electrons. The van der Waals surface area contributed by atoms with Crippen LogP contribution in [0.25, 0.3) is 0 Å². The number of likely N-dealkylation sites (tertiary alicyclic amines) is 1. The Morgan fingerprint density at radius 2 is 1.63 bits per heavy atom. The number of carbonyl (C=O) groups excluding carboxylic acids is 2. The van der Waals surface area contributed by atoms with Crippen LogP contribution in [0.1, 0.15) is 72.8 Å². The van der Waals surface area contributed by atoms with Crippen LogP contribution in [0, 0.1) is 0 Å². The monoisotopic (exact) mass is 418 g/mol. The van der Waals surface area contributed by atoms with Gasteiger partial charge in [-0.15, -0.1) is 0 Å². The second-order valence-corrected chi connectivity index (χ2v) is 10.0. The molecule has 0 saturated carbocycles. The molecule has 1 saturated heterocycles. The van der Waals surface area contributed by atoms with Crippen molar-refractivity contribution in [3.8, 4) is 5.75 Å². The summed E-state index contributed by atoms with van der Waals surface area (Å²) < 4.78 is 11.2. The van der Waals surface area contributed by atoms with Gasteiger partial charge in [0.2, 0.25) is 5.91 Å². The Morgan fingerprint density at radius 3 is 2.17 bits per heavy atom. The molecule has 1 aliphatic rings. The Hall–Kier alpha value is -2.24. The Kier molecular flexibility index (Phi) is 8.16. The van der Waals surface area contributed by atoms with E-state index in [0.29, 0.717) is 32.5 Å². The van der Waals surface area contributed by atoms with Crippen LogP contribution in [-0.2, 0) is 14.9 Å². The van der Waals surface area contributed by atoms with Gasteiger partial charge in [-0.3, -0.25) is 4.79 Å². The minimum Gasteiger partial charge on any atom is -0.494 e. The highest BCUT2D eigenvalue weighted by molar-refractivity contribution is 5.76. The SMILES string of the molecule is CC(C)(C)OC(=O)N1CCC(NC(=O)CCCOc2ccc(C(C)(C)C)cc2)CC1. The summed E-state index contributed by atoms with van der Waals surface area (Å²) in [5.41, 5.74) is 0.908. The molecule has 2 amide bonds. The van der Waals surface area contributed by atoms with Gasteiger partial charge in [0.25, 0.3) is 0 Å². The zero-order valence-corrected chi connectivity index (χ0v) is 19.4. The second kappa shape index (κ2) is 10.2. The van der Waals surface area contributed by atoms with E-state index < -0.39 is 5.60 Å². The summed E-state index contributed by atoms with van der Waals surface area (Å²) in [5.74, 6) is 0.871. The van der Waals surface area contributed by atoms with Crippen LogP contribution in [0.4, 0.5) is 4.79 Å². The Bertz CT molecular complexity index is 693. The zero-order valence-electron chi connectivity index (χ0n) is 19.4. The first kappa shape index (κ1) is 24.0. The molecule has 1 aromatic carbocycles. The van der Waals surface area contributed by atoms with E-state index >= 15 is 0 Å². The zero-order chi connectivity index (χ0) is 22.4. The maximum Gasteiger partial charge on any atom is 0.410 e. The lowest BCUT2D eigenvalue weighted by molar-refractivity contribution is -0.122. The predicted octanol–water partition coefficient (Wildman–Crippen LogP) is 4.66. The van der Waals surface area contributed by atoms with E-state index in [1.807, 2.05) is 32.9 Å². The largest absolute Gasteiger partial charge is 0.494 e. The smallest absolute Gasteiger partial charge is 0.410 e. The molecule has 0 spiro atoms. The lowest BCUT2D eigenvalue weighted by Crippen LogP contribution is -2.47. The molecule has 2 rings (SSSR count). The Labute approximate surface area is 181 Å². The normalized spacial score (nSPS) is 15.6. The number of hydrogen-bond acceptors (Lipinski definition) is 4. The highest BCUT2D eigenvalue weighted by atomic mass is 16.6. The lowest BCUT2D eigenvalue weighted by atomic mass is 9.87. The quantitative estimate of drug-likeness (QED) is 0.682. The van der Waals surface area contributed by atoms with Crippen LogP contribution < -0.4 is 10.1 Å². The number of hydrogen-bond donors (Lipinski definition) is 1. The first-order valence-electron chi connectivity index (χ1n) is 10.9. The molecule has 6 heteroatoms. The van der Waals surface area contributed by atoms with Crippen molar-refractivity contribution >= 4 is 12.0 Å². The van der Waals surface area contributed by atoms with Gasteiger partial charge in [0.1, 0.15) is 11.4 Å². The first-order chi connectivity index (χ1) is 13.9. The minimum atomic E-state index is -0.487. The van der Waals surface area contributed by atoms with Crippen molar-refractivity contribution in [2.24, 2.45) is 0 Å². The average molecular weight is 419 g/mol. The van der Waals surface area contributed by atoms with Crippen LogP contribution in [0.15, 0.2) is 24.3 Å². The van der Waals surface area contributed by atoms with E-state index in [9.17, 15) is 9.59 Å². The number of carbonyl (C=O) groups is 2. The first-order valence-corrected chi connectivity index (χ1v) is 10.9. The number of rotatable bonds is 6. The van der Waals surface area contributed by atoms with Gasteiger partial charge in [-0.05, 0) is 63.1 Å². The van der Waals surface area contributed by atoms with E-state index in [-0.39, 0.29) is 23.5 Å². The molecule has 0 aromatic heterocycles. The van der Waals surface area contributed by atoms with Crippen molar-refractivity contribution in [2.45, 2.75) is 84.3 Å². The van der Waals surface area contributed by atoms with Gasteiger partial charge in [-0.2, -0.15) is 0 Å². The number of benzene rings is 1. The van der Waals surface area contributed by atoms with Gasteiger partial charge in [0, 0.05) is 25.6 Å². The standard InChI is InChI=1S/C24H38N2O4/c1-23(2,3)18-9-11-20(12-10-18)29-17-7-8-21(27)25-19-13-15-26(16-14-19)22(28)30-24(4,5)6/h9-12,19H,7-8,13-17H2,1-6H3,(H,25,27). The summed E-state index contributed by atoms with van der Waals surface area (Å²) in [6, 6.07) is 8.26. The van der Waals surface area contributed by atoms with Crippen LogP contribution in [0.2, 0.25) is 0 Å². The molecule has 0 aliphatic carbocycles. The third-order valence-electron chi connectivity index (χ3n) is 5.05. The van der Waals surface area contributed by atoms with Crippen LogP contribution >= 0.6 is 0 Å². The van der Waals surface area contributed by atoms with E-state index in [0.717, 1.165) is 18.6 Å². The molecule has 1 aromatic rings. The van der Waals surface area contributed by atoms with Crippen molar-refractivity contribution in [3.63, 3.8) is 0 Å². The predicted molar refractivity (Wildman–Crippen MR) is 119 cm³/mol. The molecule has 0 atom stereocenters. The van der Waals surface area contributed by atoms with Gasteiger partial charge >= 0.3 is 6.09 Å². The molecule has 6 nitrogen and oxygen atoms in total. The van der Waals surface area contributed by atoms with Crippen molar-refractivity contribution in [1.82, 2.24) is 10.2 Å². The van der Waals surface area contributed by atoms with Gasteiger partial charge in [0.15, 0.2) is 0 Å². The summed E-state index contributed by atoms with van der Waals surface area (Å²) >= 11 is 0. The molecule has 1 heterocycles. The third kappa shape index (κ3) is 8.25. The maximum absolute atomic E-state index is 12.2. The number of nitrogens with one attached hydrogen (secondary N) is 1. The molecule has 1 aliphatic heterocycles. The fourth-order valence-electron chi connectivity index (χ4n) is 3.31. The van der Waals surface area contributed by atoms with Gasteiger partial charge in [-0.25, -0.2) is 4.79 Å². The van der Waals surface area contributed by atoms with Crippen molar-refractivity contribution in [3.05, 3.63) is 29.8 Å². The third-order valence-corrected chi connectivity index (χ3v) is 5.05.